The lowest BCUT2D eigenvalue weighted by atomic mass is 9.92. The molecule has 4 rings (SSSR count). The normalized spacial score (nSPS) is 12.7. The molecule has 0 amide bonds. The number of aromatic hydroxyl groups is 1. The van der Waals surface area contributed by atoms with Gasteiger partial charge in [0.15, 0.2) is 0 Å². The first-order valence-corrected chi connectivity index (χ1v) is 9.50. The SMILES string of the molecule is Cc1cc(O)c(-c2ccc([C@@H](C)CN)cc2)c2c1[nH]c(=O)c1cscc12. The highest BCUT2D eigenvalue weighted by molar-refractivity contribution is 7.09. The Hall–Kier alpha value is -2.63. The number of hydrogen-bond donors (Lipinski definition) is 3. The maximum atomic E-state index is 12.4. The number of nitrogens with one attached hydrogen (secondary N) is 1. The van der Waals surface area contributed by atoms with Gasteiger partial charge in [-0.2, -0.15) is 11.3 Å². The number of rotatable bonds is 3. The Labute approximate surface area is 154 Å². The fourth-order valence-corrected chi connectivity index (χ4v) is 4.30. The molecule has 4 nitrogen and oxygen atoms in total. The summed E-state index contributed by atoms with van der Waals surface area (Å²) in [6.07, 6.45) is 0. The molecule has 1 atom stereocenters. The van der Waals surface area contributed by atoms with Gasteiger partial charge in [-0.25, -0.2) is 0 Å². The first kappa shape index (κ1) is 16.8. The molecule has 5 heteroatoms. The second-order valence-electron chi connectivity index (χ2n) is 6.75. The number of pyridine rings is 1. The van der Waals surface area contributed by atoms with Crippen LogP contribution in [-0.4, -0.2) is 16.6 Å². The number of aryl methyl sites for hydroxylation is 1. The molecule has 2 aromatic heterocycles. The van der Waals surface area contributed by atoms with Crippen LogP contribution < -0.4 is 11.3 Å². The van der Waals surface area contributed by atoms with Crippen molar-refractivity contribution in [2.24, 2.45) is 5.73 Å². The molecule has 0 aliphatic carbocycles. The fourth-order valence-electron chi connectivity index (χ4n) is 3.48. The minimum absolute atomic E-state index is 0.0967. The van der Waals surface area contributed by atoms with Gasteiger partial charge < -0.3 is 15.8 Å². The predicted molar refractivity (Wildman–Crippen MR) is 109 cm³/mol. The van der Waals surface area contributed by atoms with Crippen molar-refractivity contribution in [3.63, 3.8) is 0 Å². The maximum absolute atomic E-state index is 12.4. The molecule has 2 heterocycles. The van der Waals surface area contributed by atoms with Crippen LogP contribution in [0.25, 0.3) is 32.8 Å². The molecule has 0 spiro atoms. The summed E-state index contributed by atoms with van der Waals surface area (Å²) in [7, 11) is 0. The number of aromatic amines is 1. The van der Waals surface area contributed by atoms with Crippen LogP contribution in [0.5, 0.6) is 5.75 Å². The van der Waals surface area contributed by atoms with Crippen molar-refractivity contribution in [3.8, 4) is 16.9 Å². The molecule has 0 bridgehead atoms. The molecule has 0 fully saturated rings. The van der Waals surface area contributed by atoms with Crippen LogP contribution in [0, 0.1) is 6.92 Å². The van der Waals surface area contributed by atoms with E-state index < -0.39 is 0 Å². The number of hydrogen-bond acceptors (Lipinski definition) is 4. The third-order valence-electron chi connectivity index (χ3n) is 5.04. The molecule has 132 valence electrons. The summed E-state index contributed by atoms with van der Waals surface area (Å²) in [6, 6.07) is 9.83. The van der Waals surface area contributed by atoms with Crippen molar-refractivity contribution in [3.05, 3.63) is 62.6 Å². The van der Waals surface area contributed by atoms with Gasteiger partial charge >= 0.3 is 0 Å². The van der Waals surface area contributed by atoms with E-state index in [0.717, 1.165) is 33.0 Å². The Balaban J connectivity index is 2.06. The Morgan fingerprint density at radius 3 is 2.58 bits per heavy atom. The Bertz CT molecular complexity index is 1170. The van der Waals surface area contributed by atoms with Crippen LogP contribution in [0.2, 0.25) is 0 Å². The number of benzene rings is 2. The monoisotopic (exact) mass is 364 g/mol. The van der Waals surface area contributed by atoms with Crippen molar-refractivity contribution in [2.75, 3.05) is 6.54 Å². The quantitative estimate of drug-likeness (QED) is 0.501. The molecule has 0 saturated heterocycles. The standard InChI is InChI=1S/C21H20N2O2S/c1-11-7-17(24)18(14-5-3-13(4-6-14)12(2)8-22)19-15-9-26-10-16(15)21(25)23-20(11)19/h3-7,9-10,12,24H,8,22H2,1-2H3,(H,23,25)/t12-/m0/s1. The number of thiophene rings is 1. The minimum atomic E-state index is -0.0967. The third-order valence-corrected chi connectivity index (χ3v) is 5.78. The highest BCUT2D eigenvalue weighted by Gasteiger charge is 2.17. The summed E-state index contributed by atoms with van der Waals surface area (Å²) < 4.78 is 0. The lowest BCUT2D eigenvalue weighted by Crippen LogP contribution is -2.08. The van der Waals surface area contributed by atoms with Crippen LogP contribution in [-0.2, 0) is 0 Å². The average molecular weight is 364 g/mol. The van der Waals surface area contributed by atoms with Crippen molar-refractivity contribution < 1.29 is 5.11 Å². The summed E-state index contributed by atoms with van der Waals surface area (Å²) in [5.74, 6) is 0.501. The summed E-state index contributed by atoms with van der Waals surface area (Å²) >= 11 is 1.49. The lowest BCUT2D eigenvalue weighted by Gasteiger charge is -2.14. The number of nitrogens with two attached hydrogens (primary N) is 1. The van der Waals surface area contributed by atoms with Crippen LogP contribution in [0.1, 0.15) is 24.0 Å². The van der Waals surface area contributed by atoms with E-state index in [9.17, 15) is 9.90 Å². The summed E-state index contributed by atoms with van der Waals surface area (Å²) in [6.45, 7) is 4.58. The van der Waals surface area contributed by atoms with Crippen LogP contribution in [0.4, 0.5) is 0 Å². The summed E-state index contributed by atoms with van der Waals surface area (Å²) in [4.78, 5) is 15.4. The Kier molecular flexibility index (Phi) is 4.05. The van der Waals surface area contributed by atoms with Gasteiger partial charge in [-0.05, 0) is 47.5 Å². The van der Waals surface area contributed by atoms with Gasteiger partial charge in [0.2, 0.25) is 0 Å². The number of phenols is 1. The van der Waals surface area contributed by atoms with E-state index in [1.807, 2.05) is 29.8 Å². The predicted octanol–water partition coefficient (Wildman–Crippen LogP) is 4.49. The number of H-pyrrole nitrogens is 1. The molecule has 2 aromatic carbocycles. The average Bonchev–Trinajstić information content (AvgIpc) is 3.13. The van der Waals surface area contributed by atoms with Crippen LogP contribution in [0.15, 0.2) is 45.9 Å². The summed E-state index contributed by atoms with van der Waals surface area (Å²) in [5, 5.41) is 17.0. The van der Waals surface area contributed by atoms with E-state index in [1.54, 1.807) is 6.07 Å². The largest absolute Gasteiger partial charge is 0.507 e. The van der Waals surface area contributed by atoms with Gasteiger partial charge in [0.25, 0.3) is 5.56 Å². The van der Waals surface area contributed by atoms with Crippen molar-refractivity contribution in [1.29, 1.82) is 0 Å². The lowest BCUT2D eigenvalue weighted by molar-refractivity contribution is 0.477. The van der Waals surface area contributed by atoms with Crippen molar-refractivity contribution in [1.82, 2.24) is 4.98 Å². The van der Waals surface area contributed by atoms with Crippen molar-refractivity contribution in [2.45, 2.75) is 19.8 Å². The van der Waals surface area contributed by atoms with E-state index in [2.05, 4.69) is 24.0 Å². The zero-order valence-electron chi connectivity index (χ0n) is 14.7. The number of fused-ring (bicyclic) bond motifs is 3. The molecule has 0 radical (unpaired) electrons. The molecule has 0 aliphatic rings. The highest BCUT2D eigenvalue weighted by atomic mass is 32.1. The molecule has 0 unspecified atom stereocenters. The molecule has 4 N–H and O–H groups in total. The second kappa shape index (κ2) is 6.27. The molecule has 4 aromatic rings. The van der Waals surface area contributed by atoms with Gasteiger partial charge in [-0.15, -0.1) is 0 Å². The van der Waals surface area contributed by atoms with Gasteiger partial charge in [0.05, 0.1) is 10.9 Å². The van der Waals surface area contributed by atoms with E-state index in [1.165, 1.54) is 16.9 Å². The third kappa shape index (κ3) is 2.52. The van der Waals surface area contributed by atoms with E-state index in [-0.39, 0.29) is 17.2 Å². The zero-order chi connectivity index (χ0) is 18.4. The molecule has 0 aliphatic heterocycles. The Morgan fingerprint density at radius 1 is 1.19 bits per heavy atom. The molecular formula is C21H20N2O2S. The van der Waals surface area contributed by atoms with E-state index in [4.69, 9.17) is 5.73 Å². The van der Waals surface area contributed by atoms with Crippen molar-refractivity contribution >= 4 is 33.0 Å². The number of phenolic OH excluding ortho intramolecular Hbond substituents is 1. The Morgan fingerprint density at radius 2 is 1.88 bits per heavy atom. The first-order chi connectivity index (χ1) is 12.5. The van der Waals surface area contributed by atoms with E-state index in [0.29, 0.717) is 11.9 Å². The maximum Gasteiger partial charge on any atom is 0.257 e. The molecular weight excluding hydrogens is 344 g/mol. The first-order valence-electron chi connectivity index (χ1n) is 8.56. The van der Waals surface area contributed by atoms with E-state index >= 15 is 0 Å². The van der Waals surface area contributed by atoms with Gasteiger partial charge in [0.1, 0.15) is 5.75 Å². The topological polar surface area (TPSA) is 79.1 Å². The van der Waals surface area contributed by atoms with Gasteiger partial charge in [-0.3, -0.25) is 4.79 Å². The smallest absolute Gasteiger partial charge is 0.257 e. The molecule has 0 saturated carbocycles. The minimum Gasteiger partial charge on any atom is -0.507 e. The summed E-state index contributed by atoms with van der Waals surface area (Å²) in [5.41, 5.74) is 10.1. The van der Waals surface area contributed by atoms with Crippen LogP contribution >= 0.6 is 11.3 Å². The highest BCUT2D eigenvalue weighted by Crippen LogP contribution is 2.41. The van der Waals surface area contributed by atoms with Gasteiger partial charge in [-0.1, -0.05) is 31.2 Å². The van der Waals surface area contributed by atoms with Crippen LogP contribution in [0.3, 0.4) is 0 Å². The fraction of sp³-hybridized carbons (Fsp3) is 0.190. The zero-order valence-corrected chi connectivity index (χ0v) is 15.5. The molecule has 26 heavy (non-hydrogen) atoms. The second-order valence-corrected chi connectivity index (χ2v) is 7.49. The van der Waals surface area contributed by atoms with Gasteiger partial charge in [0, 0.05) is 21.7 Å². The number of aromatic nitrogens is 1.